The van der Waals surface area contributed by atoms with E-state index in [1.807, 2.05) is 6.07 Å². The molecule has 1 aromatic carbocycles. The number of aliphatic hydroxyl groups is 1. The molecule has 1 aromatic heterocycles. The summed E-state index contributed by atoms with van der Waals surface area (Å²) in [4.78, 5) is 4.51. The summed E-state index contributed by atoms with van der Waals surface area (Å²) in [6.07, 6.45) is -0.510. The molecule has 0 bridgehead atoms. The van der Waals surface area contributed by atoms with E-state index in [0.29, 0.717) is 0 Å². The number of aryl methyl sites for hydroxylation is 3. The van der Waals surface area contributed by atoms with Crippen LogP contribution in [-0.4, -0.2) is 10.1 Å². The number of benzene rings is 1. The number of hydrogen-bond acceptors (Lipinski definition) is 2. The Balaban J connectivity index is 2.81. The Kier molecular flexibility index (Phi) is 2.68. The molecule has 1 heterocycles. The van der Waals surface area contributed by atoms with Crippen LogP contribution < -0.4 is 0 Å². The van der Waals surface area contributed by atoms with E-state index in [1.165, 1.54) is 22.1 Å². The molecule has 1 N–H and O–H groups in total. The van der Waals surface area contributed by atoms with E-state index in [9.17, 15) is 5.11 Å². The molecule has 0 aliphatic heterocycles. The fourth-order valence-corrected chi connectivity index (χ4v) is 2.23. The minimum absolute atomic E-state index is 0.510. The number of aliphatic hydroxyl groups excluding tert-OH is 1. The van der Waals surface area contributed by atoms with Crippen molar-refractivity contribution in [2.24, 2.45) is 0 Å². The monoisotopic (exact) mass is 215 g/mol. The maximum Gasteiger partial charge on any atom is 0.0932 e. The molecule has 1 atom stereocenters. The van der Waals surface area contributed by atoms with Crippen LogP contribution in [-0.2, 0) is 0 Å². The summed E-state index contributed by atoms with van der Waals surface area (Å²) in [6, 6.07) is 6.20. The van der Waals surface area contributed by atoms with Crippen molar-refractivity contribution < 1.29 is 5.11 Å². The SMILES string of the molecule is Cc1cc(C)c2c(C)cc(C(C)O)nc2c1. The van der Waals surface area contributed by atoms with Crippen LogP contribution in [0.1, 0.15) is 35.4 Å². The van der Waals surface area contributed by atoms with E-state index >= 15 is 0 Å². The first-order valence-electron chi connectivity index (χ1n) is 5.55. The fraction of sp³-hybridized carbons (Fsp3) is 0.357. The van der Waals surface area contributed by atoms with Crippen LogP contribution >= 0.6 is 0 Å². The lowest BCUT2D eigenvalue weighted by Gasteiger charge is -2.11. The van der Waals surface area contributed by atoms with Crippen LogP contribution in [0, 0.1) is 20.8 Å². The second-order valence-electron chi connectivity index (χ2n) is 4.52. The van der Waals surface area contributed by atoms with Gasteiger partial charge in [0.05, 0.1) is 17.3 Å². The van der Waals surface area contributed by atoms with Crippen LogP contribution in [0.2, 0.25) is 0 Å². The molecular weight excluding hydrogens is 198 g/mol. The summed E-state index contributed by atoms with van der Waals surface area (Å²) in [5, 5.41) is 10.8. The summed E-state index contributed by atoms with van der Waals surface area (Å²) in [5.74, 6) is 0. The molecular formula is C14H17NO. The van der Waals surface area contributed by atoms with Crippen molar-refractivity contribution in [3.63, 3.8) is 0 Å². The second-order valence-corrected chi connectivity index (χ2v) is 4.52. The van der Waals surface area contributed by atoms with Crippen molar-refractivity contribution in [1.29, 1.82) is 0 Å². The normalized spacial score (nSPS) is 13.1. The quantitative estimate of drug-likeness (QED) is 0.792. The highest BCUT2D eigenvalue weighted by Crippen LogP contribution is 2.25. The van der Waals surface area contributed by atoms with Crippen LogP contribution in [0.4, 0.5) is 0 Å². The van der Waals surface area contributed by atoms with Gasteiger partial charge in [0.1, 0.15) is 0 Å². The molecule has 0 aliphatic carbocycles. The number of aromatic nitrogens is 1. The van der Waals surface area contributed by atoms with E-state index in [2.05, 4.69) is 37.9 Å². The Morgan fingerprint density at radius 1 is 1.06 bits per heavy atom. The van der Waals surface area contributed by atoms with Crippen molar-refractivity contribution in [3.05, 3.63) is 40.6 Å². The van der Waals surface area contributed by atoms with Gasteiger partial charge in [0.2, 0.25) is 0 Å². The van der Waals surface area contributed by atoms with E-state index in [4.69, 9.17) is 0 Å². The zero-order chi connectivity index (χ0) is 11.9. The Morgan fingerprint density at radius 3 is 2.31 bits per heavy atom. The third-order valence-electron chi connectivity index (χ3n) is 2.90. The average Bonchev–Trinajstić information content (AvgIpc) is 2.15. The first kappa shape index (κ1) is 11.1. The van der Waals surface area contributed by atoms with Gasteiger partial charge in [0, 0.05) is 5.39 Å². The summed E-state index contributed by atoms with van der Waals surface area (Å²) in [6.45, 7) is 7.99. The molecule has 1 unspecified atom stereocenters. The highest BCUT2D eigenvalue weighted by molar-refractivity contribution is 5.86. The van der Waals surface area contributed by atoms with E-state index < -0.39 is 6.10 Å². The summed E-state index contributed by atoms with van der Waals surface area (Å²) < 4.78 is 0. The van der Waals surface area contributed by atoms with Crippen molar-refractivity contribution in [2.75, 3.05) is 0 Å². The van der Waals surface area contributed by atoms with Crippen LogP contribution in [0.15, 0.2) is 18.2 Å². The maximum absolute atomic E-state index is 9.58. The molecule has 0 fully saturated rings. The van der Waals surface area contributed by atoms with E-state index in [1.54, 1.807) is 6.92 Å². The summed E-state index contributed by atoms with van der Waals surface area (Å²) >= 11 is 0. The highest BCUT2D eigenvalue weighted by atomic mass is 16.3. The van der Waals surface area contributed by atoms with Crippen LogP contribution in [0.3, 0.4) is 0 Å². The Hall–Kier alpha value is -1.41. The van der Waals surface area contributed by atoms with Crippen LogP contribution in [0.25, 0.3) is 10.9 Å². The average molecular weight is 215 g/mol. The summed E-state index contributed by atoms with van der Waals surface area (Å²) in [7, 11) is 0. The first-order chi connectivity index (χ1) is 7.49. The van der Waals surface area contributed by atoms with Crippen molar-refractivity contribution in [2.45, 2.75) is 33.8 Å². The van der Waals surface area contributed by atoms with Gasteiger partial charge in [-0.1, -0.05) is 6.07 Å². The maximum atomic E-state index is 9.58. The zero-order valence-electron chi connectivity index (χ0n) is 10.2. The lowest BCUT2D eigenvalue weighted by molar-refractivity contribution is 0.194. The van der Waals surface area contributed by atoms with Crippen molar-refractivity contribution in [1.82, 2.24) is 4.98 Å². The minimum Gasteiger partial charge on any atom is -0.387 e. The lowest BCUT2D eigenvalue weighted by Crippen LogP contribution is -1.98. The van der Waals surface area contributed by atoms with Crippen LogP contribution in [0.5, 0.6) is 0 Å². The molecule has 0 radical (unpaired) electrons. The van der Waals surface area contributed by atoms with Gasteiger partial charge in [-0.15, -0.1) is 0 Å². The number of rotatable bonds is 1. The van der Waals surface area contributed by atoms with Gasteiger partial charge in [-0.25, -0.2) is 0 Å². The van der Waals surface area contributed by atoms with Gasteiger partial charge in [-0.3, -0.25) is 4.98 Å². The topological polar surface area (TPSA) is 33.1 Å². The molecule has 16 heavy (non-hydrogen) atoms. The van der Waals surface area contributed by atoms with Gasteiger partial charge >= 0.3 is 0 Å². The van der Waals surface area contributed by atoms with E-state index in [0.717, 1.165) is 11.2 Å². The van der Waals surface area contributed by atoms with Gasteiger partial charge in [-0.05, 0) is 56.5 Å². The summed E-state index contributed by atoms with van der Waals surface area (Å²) in [5.41, 5.74) is 5.36. The molecule has 0 saturated carbocycles. The second kappa shape index (κ2) is 3.87. The molecule has 2 nitrogen and oxygen atoms in total. The number of fused-ring (bicyclic) bond motifs is 1. The molecule has 0 amide bonds. The smallest absolute Gasteiger partial charge is 0.0932 e. The van der Waals surface area contributed by atoms with E-state index in [-0.39, 0.29) is 0 Å². The molecule has 2 rings (SSSR count). The molecule has 2 aromatic rings. The third kappa shape index (κ3) is 1.81. The van der Waals surface area contributed by atoms with Crippen molar-refractivity contribution >= 4 is 10.9 Å². The number of pyridine rings is 1. The molecule has 0 saturated heterocycles. The molecule has 84 valence electrons. The fourth-order valence-electron chi connectivity index (χ4n) is 2.23. The predicted molar refractivity (Wildman–Crippen MR) is 66.6 cm³/mol. The largest absolute Gasteiger partial charge is 0.387 e. The third-order valence-corrected chi connectivity index (χ3v) is 2.90. The molecule has 0 aliphatic rings. The minimum atomic E-state index is -0.510. The molecule has 0 spiro atoms. The standard InChI is InChI=1S/C14H17NO/c1-8-5-9(2)14-10(3)7-12(11(4)16)15-13(14)6-8/h5-7,11,16H,1-4H3. The lowest BCUT2D eigenvalue weighted by atomic mass is 10.0. The number of hydrogen-bond donors (Lipinski definition) is 1. The highest BCUT2D eigenvalue weighted by Gasteiger charge is 2.09. The van der Waals surface area contributed by atoms with Crippen molar-refractivity contribution in [3.8, 4) is 0 Å². The Morgan fingerprint density at radius 2 is 1.69 bits per heavy atom. The predicted octanol–water partition coefficient (Wildman–Crippen LogP) is 3.21. The Labute approximate surface area is 96.0 Å². The first-order valence-corrected chi connectivity index (χ1v) is 5.55. The zero-order valence-corrected chi connectivity index (χ0v) is 10.2. The number of nitrogens with zero attached hydrogens (tertiary/aromatic N) is 1. The van der Waals surface area contributed by atoms with Gasteiger partial charge in [-0.2, -0.15) is 0 Å². The Bertz CT molecular complexity index is 544. The molecule has 2 heteroatoms. The van der Waals surface area contributed by atoms with Gasteiger partial charge < -0.3 is 5.11 Å². The van der Waals surface area contributed by atoms with Gasteiger partial charge in [0.15, 0.2) is 0 Å². The van der Waals surface area contributed by atoms with Gasteiger partial charge in [0.25, 0.3) is 0 Å².